The zero-order valence-corrected chi connectivity index (χ0v) is 76.8. The van der Waals surface area contributed by atoms with Gasteiger partial charge in [0.25, 0.3) is 0 Å². The maximum absolute atomic E-state index is 13.9. The van der Waals surface area contributed by atoms with E-state index in [1.54, 1.807) is 13.0 Å². The van der Waals surface area contributed by atoms with Gasteiger partial charge in [0, 0.05) is 105 Å². The Kier molecular flexibility index (Phi) is 38.1. The maximum Gasteiger partial charge on any atom is 0.316 e. The topological polar surface area (TPSA) is 517 Å². The van der Waals surface area contributed by atoms with Crippen LogP contribution >= 0.6 is 0 Å². The summed E-state index contributed by atoms with van der Waals surface area (Å²) in [6.07, 6.45) is -35.6. The van der Waals surface area contributed by atoms with Gasteiger partial charge in [0.05, 0.1) is 65.1 Å². The van der Waals surface area contributed by atoms with E-state index in [0.717, 1.165) is 25.7 Å². The molecule has 16 bridgehead atoms. The lowest BCUT2D eigenvalue weighted by atomic mass is 9.71. The second kappa shape index (κ2) is 47.0. The van der Waals surface area contributed by atoms with Crippen molar-refractivity contribution >= 4 is 5.97 Å². The molecule has 0 unspecified atom stereocenters. The molecule has 742 valence electrons. The van der Waals surface area contributed by atoms with E-state index in [9.17, 15) is 61.0 Å². The van der Waals surface area contributed by atoms with Gasteiger partial charge in [-0.05, 0) is 62.0 Å². The molecule has 0 aromatic rings. The van der Waals surface area contributed by atoms with E-state index in [1.807, 2.05) is 12.2 Å². The molecule has 129 heavy (non-hydrogen) atoms. The fourth-order valence-electron chi connectivity index (χ4n) is 20.8. The molecule has 0 saturated carbocycles. The molecule has 24 fully saturated rings. The quantitative estimate of drug-likeness (QED) is 0.0455. The van der Waals surface area contributed by atoms with Crippen LogP contribution in [0.25, 0.3) is 0 Å². The summed E-state index contributed by atoms with van der Waals surface area (Å²) >= 11 is 0. The van der Waals surface area contributed by atoms with E-state index < -0.39 is 303 Å². The molecule has 0 amide bonds. The SMILES string of the molecule is CC1=C[C@H]2C(=O)O[C@H]3C[C@@H](C/C=C(\C)C[C@@H](C)/C=C/C=C4\CO[C@H]([C@@H]1O)[C@@]42O)O[C@@]1(CC[C@H](C)[C@@H](C(C)C)O1)C3.CO[C@H]1[C@H](OC)[C@H]2O[C@H]3[C@@H](OC)[C@H](OC)[C@@H](O[C@H]4[C@@H](OC)[C@H](OC)[C@@H](O[C@H]5[C@@H](OC)[C@H](OC)[C@@H](O[C@H]6[C@@H](OC)[C@H](OC)[C@@H](O[C@H]7[C@@H](O)[C@H](OC)[C@@H](O[C@H]8[C@@H](O)[C@H](OC)[C@@H](O[C@@H]1[C@@H](CO)O2)O[C@@H]8CO)O[C@@H]7CO)O[C@@H]6CO)O[C@@H]5CO)O[C@@H]4CO)O[C@@H]3CO. The van der Waals surface area contributed by atoms with E-state index in [0.29, 0.717) is 35.8 Å². The van der Waals surface area contributed by atoms with Gasteiger partial charge in [0.1, 0.15) is 201 Å². The number of aliphatic hydroxyl groups excluding tert-OH is 10. The van der Waals surface area contributed by atoms with E-state index in [1.165, 1.54) is 90.9 Å². The number of rotatable bonds is 20. The van der Waals surface area contributed by atoms with Gasteiger partial charge in [-0.2, -0.15) is 0 Å². The Morgan fingerprint density at radius 3 is 1.11 bits per heavy atom. The molecular weight excluding hydrogens is 1720 g/mol. The van der Waals surface area contributed by atoms with Crippen molar-refractivity contribution in [3.63, 3.8) is 0 Å². The van der Waals surface area contributed by atoms with Crippen molar-refractivity contribution in [2.75, 3.05) is 138 Å². The minimum absolute atomic E-state index is 0.0712. The van der Waals surface area contributed by atoms with Gasteiger partial charge in [0.2, 0.25) is 0 Å². The Morgan fingerprint density at radius 2 is 0.775 bits per heavy atom. The molecule has 45 atom stereocenters. The molecule has 42 nitrogen and oxygen atoms in total. The molecule has 1 spiro atoms. The third-order valence-corrected chi connectivity index (χ3v) is 27.4. The highest BCUT2D eigenvalue weighted by Gasteiger charge is 2.65. The zero-order chi connectivity index (χ0) is 93.4. The van der Waals surface area contributed by atoms with Crippen LogP contribution in [0.3, 0.4) is 0 Å². The zero-order valence-electron chi connectivity index (χ0n) is 76.8. The number of hydrogen-bond acceptors (Lipinski definition) is 42. The second-order valence-corrected chi connectivity index (χ2v) is 35.6. The van der Waals surface area contributed by atoms with Crippen molar-refractivity contribution in [2.24, 2.45) is 23.7 Å². The fourth-order valence-corrected chi connectivity index (χ4v) is 20.8. The van der Waals surface area contributed by atoms with Crippen molar-refractivity contribution in [3.8, 4) is 0 Å². The van der Waals surface area contributed by atoms with Crippen molar-refractivity contribution in [3.05, 3.63) is 47.1 Å². The van der Waals surface area contributed by atoms with Gasteiger partial charge < -0.3 is 198 Å². The monoisotopic (exact) mass is 1860 g/mol. The van der Waals surface area contributed by atoms with E-state index >= 15 is 0 Å². The lowest BCUT2D eigenvalue weighted by molar-refractivity contribution is -0.402. The van der Waals surface area contributed by atoms with Crippen LogP contribution in [0.2, 0.25) is 0 Å². The molecule has 26 aliphatic rings. The Hall–Kier alpha value is -3.17. The number of ether oxygens (including phenoxy) is 30. The number of carbonyl (C=O) groups excluding carboxylic acids is 1. The van der Waals surface area contributed by atoms with Crippen molar-refractivity contribution in [1.29, 1.82) is 0 Å². The first kappa shape index (κ1) is 105. The molecule has 25 aliphatic heterocycles. The van der Waals surface area contributed by atoms with Crippen LogP contribution in [0, 0.1) is 23.7 Å². The molecule has 25 heterocycles. The number of allylic oxidation sites excluding steroid dienone is 4. The average molecular weight is 1860 g/mol. The predicted octanol–water partition coefficient (Wildman–Crippen LogP) is -2.21. The highest BCUT2D eigenvalue weighted by Crippen LogP contribution is 2.50. The van der Waals surface area contributed by atoms with Crippen LogP contribution in [0.1, 0.15) is 80.1 Å². The van der Waals surface area contributed by atoms with E-state index in [4.69, 9.17) is 142 Å². The molecule has 0 aromatic carbocycles. The van der Waals surface area contributed by atoms with Gasteiger partial charge in [0.15, 0.2) is 49.8 Å². The minimum Gasteiger partial charge on any atom is -0.462 e. The van der Waals surface area contributed by atoms with Crippen LogP contribution < -0.4 is 0 Å². The van der Waals surface area contributed by atoms with Crippen molar-refractivity contribution in [1.82, 2.24) is 0 Å². The lowest BCUT2D eigenvalue weighted by Crippen LogP contribution is -2.69. The average Bonchev–Trinajstić information content (AvgIpc) is 1.59. The van der Waals surface area contributed by atoms with Crippen molar-refractivity contribution < 1.29 is 203 Å². The van der Waals surface area contributed by atoms with Gasteiger partial charge in [-0.15, -0.1) is 0 Å². The minimum atomic E-state index is -1.72. The third-order valence-electron chi connectivity index (χ3n) is 27.4. The molecule has 0 radical (unpaired) electrons. The summed E-state index contributed by atoms with van der Waals surface area (Å²) in [6, 6.07) is 0. The first-order valence-corrected chi connectivity index (χ1v) is 44.5. The van der Waals surface area contributed by atoms with E-state index in [2.05, 4.69) is 46.8 Å². The smallest absolute Gasteiger partial charge is 0.316 e. The summed E-state index contributed by atoms with van der Waals surface area (Å²) in [4.78, 5) is 13.9. The Bertz CT molecular complexity index is 3560. The third kappa shape index (κ3) is 21.8. The van der Waals surface area contributed by atoms with Crippen LogP contribution in [-0.4, -0.2) is 457 Å². The number of aliphatic hydroxyl groups is 11. The second-order valence-electron chi connectivity index (χ2n) is 35.6. The molecule has 26 rings (SSSR count). The largest absolute Gasteiger partial charge is 0.462 e. The Morgan fingerprint density at radius 1 is 0.442 bits per heavy atom. The number of fused-ring (bicyclic) bond motifs is 2. The van der Waals surface area contributed by atoms with E-state index in [-0.39, 0.29) is 24.7 Å². The summed E-state index contributed by atoms with van der Waals surface area (Å²) in [6.45, 7) is 7.60. The summed E-state index contributed by atoms with van der Waals surface area (Å²) < 4.78 is 187. The van der Waals surface area contributed by atoms with Crippen LogP contribution in [0.4, 0.5) is 0 Å². The summed E-state index contributed by atoms with van der Waals surface area (Å²) in [5.41, 5.74) is 0.780. The summed E-state index contributed by atoms with van der Waals surface area (Å²) in [7, 11) is 15.9. The van der Waals surface area contributed by atoms with Gasteiger partial charge in [-0.25, -0.2) is 0 Å². The maximum atomic E-state index is 13.9. The normalized spacial score (nSPS) is 49.0. The Balaban J connectivity index is 0.000000312. The number of carbonyl (C=O) groups is 1. The van der Waals surface area contributed by atoms with Crippen LogP contribution in [0.15, 0.2) is 47.1 Å². The fraction of sp³-hybridized carbons (Fsp3) is 0.897. The van der Waals surface area contributed by atoms with Crippen molar-refractivity contribution in [2.45, 2.75) is 337 Å². The Labute approximate surface area is 752 Å². The molecule has 1 aliphatic carbocycles. The molecule has 0 aromatic heterocycles. The predicted molar refractivity (Wildman–Crippen MR) is 438 cm³/mol. The highest BCUT2D eigenvalue weighted by molar-refractivity contribution is 5.78. The van der Waals surface area contributed by atoms with Gasteiger partial charge in [-0.1, -0.05) is 63.6 Å². The van der Waals surface area contributed by atoms with Crippen LogP contribution in [-0.2, 0) is 147 Å². The first-order chi connectivity index (χ1) is 62.0. The summed E-state index contributed by atoms with van der Waals surface area (Å²) in [5, 5.41) is 124. The van der Waals surface area contributed by atoms with Gasteiger partial charge in [-0.3, -0.25) is 4.79 Å². The molecular formula is C87H142O42. The number of esters is 1. The lowest BCUT2D eigenvalue weighted by Gasteiger charge is -2.52. The number of methoxy groups -OCH3 is 12. The first-order valence-electron chi connectivity index (χ1n) is 44.5. The summed E-state index contributed by atoms with van der Waals surface area (Å²) in [5.74, 6) is -1.22. The molecule has 24 saturated heterocycles. The highest BCUT2D eigenvalue weighted by atomic mass is 16.8. The molecule has 11 N–H and O–H groups in total. The standard InChI is InChI=1S/C54H94O35.C33H48O7/c1-64-36-28(63)30-21(14-56)76-48(36)83-29-20(13-55)77-49(37(65-2)27(29)62)85-31-22(15-57)79-51(44(72-9)38(31)66-3)87-33-24(17-59)81-53(46(74-11)40(33)68-5)89-35-26(19-61)82-54(47(75-12)42(35)70-7)88-34-25(18-60)80-52(45(73-10)41(34)69-6)86-32-23(16-58)78-50(84-30)43(71-8)39(32)67-4;1-19(2)29-22(5)12-13-32(40-29)17-26-16-25(39-32)11-10-21(4)14-20(3)8-7-9-24-18-37-30-28(34)23(6)15-27(31(35)38-26)33(24,30)36/h20-63H,13-19H2,1-12H3;7-10,15,19-20,22,25-30,34,36H,11-14,16-18H2,1-6H3/b;8-7+,21-10+,24-9+/t20-,21-,22-,23-,24-,25-,26-,27-,28-,29-,30-,31-,32-,33-,34-,35-,36+,37+,38-,39-,40-,41-,42-,43+,44+,45+,46+,47+,48-,49-,50-,51-,52-,53-,54-;20-,22-,25+,26-,27-,28+,29+,30+,32+,33+/m10/s1. The van der Waals surface area contributed by atoms with Crippen LogP contribution in [0.5, 0.6) is 0 Å². The number of hydrogen-bond donors (Lipinski definition) is 11. The van der Waals surface area contributed by atoms with Gasteiger partial charge >= 0.3 is 5.97 Å². The molecule has 42 heteroatoms.